The summed E-state index contributed by atoms with van der Waals surface area (Å²) in [5, 5.41) is 0. The Labute approximate surface area is 150 Å². The molecule has 1 heterocycles. The van der Waals surface area contributed by atoms with Crippen LogP contribution in [0.4, 0.5) is 0 Å². The minimum atomic E-state index is -3.45. The molecule has 1 saturated heterocycles. The van der Waals surface area contributed by atoms with E-state index in [2.05, 4.69) is 0 Å². The first-order valence-electron chi connectivity index (χ1n) is 9.07. The van der Waals surface area contributed by atoms with E-state index < -0.39 is 10.2 Å². The third kappa shape index (κ3) is 4.04. The second-order valence-corrected chi connectivity index (χ2v) is 8.86. The Kier molecular flexibility index (Phi) is 5.76. The quantitative estimate of drug-likeness (QED) is 0.819. The Balaban J connectivity index is 1.60. The van der Waals surface area contributed by atoms with Crippen molar-refractivity contribution in [3.63, 3.8) is 0 Å². The maximum absolute atomic E-state index is 12.9. The Bertz CT molecular complexity index is 679. The number of benzene rings is 1. The smallest absolute Gasteiger partial charge is 0.282 e. The molecule has 0 aromatic heterocycles. The Morgan fingerprint density at radius 2 is 1.60 bits per heavy atom. The van der Waals surface area contributed by atoms with Crippen LogP contribution in [0.3, 0.4) is 0 Å². The normalized spacial score (nSPS) is 20.8. The molecule has 2 aliphatic rings. The Morgan fingerprint density at radius 1 is 1.00 bits per heavy atom. The fourth-order valence-electron chi connectivity index (χ4n) is 3.70. The molecule has 25 heavy (non-hydrogen) atoms. The second-order valence-electron chi connectivity index (χ2n) is 6.87. The lowest BCUT2D eigenvalue weighted by Gasteiger charge is -2.38. The predicted octanol–water partition coefficient (Wildman–Crippen LogP) is 1.95. The van der Waals surface area contributed by atoms with Crippen molar-refractivity contribution in [2.24, 2.45) is 0 Å². The largest absolute Gasteiger partial charge is 0.336 e. The zero-order valence-electron chi connectivity index (χ0n) is 14.8. The molecule has 0 N–H and O–H groups in total. The summed E-state index contributed by atoms with van der Waals surface area (Å²) in [6, 6.07) is 9.26. The van der Waals surface area contributed by atoms with Gasteiger partial charge in [0.1, 0.15) is 0 Å². The molecule has 1 saturated carbocycles. The lowest BCUT2D eigenvalue weighted by Crippen LogP contribution is -2.55. The minimum absolute atomic E-state index is 0.0294. The van der Waals surface area contributed by atoms with Crippen molar-refractivity contribution in [3.8, 4) is 0 Å². The molecule has 1 aromatic carbocycles. The molecule has 1 amide bonds. The highest BCUT2D eigenvalue weighted by molar-refractivity contribution is 7.86. The molecular weight excluding hydrogens is 338 g/mol. The minimum Gasteiger partial charge on any atom is -0.336 e. The maximum atomic E-state index is 12.9. The van der Waals surface area contributed by atoms with Crippen LogP contribution >= 0.6 is 0 Å². The summed E-state index contributed by atoms with van der Waals surface area (Å²) in [5.41, 5.74) is 0.651. The van der Waals surface area contributed by atoms with Gasteiger partial charge in [-0.1, -0.05) is 37.5 Å². The van der Waals surface area contributed by atoms with Crippen LogP contribution in [-0.4, -0.2) is 67.1 Å². The van der Waals surface area contributed by atoms with Crippen molar-refractivity contribution in [1.29, 1.82) is 0 Å². The zero-order valence-corrected chi connectivity index (χ0v) is 15.6. The fraction of sp³-hybridized carbons (Fsp3) is 0.611. The van der Waals surface area contributed by atoms with E-state index in [1.54, 1.807) is 28.4 Å². The number of nitrogens with zero attached hydrogens (tertiary/aromatic N) is 3. The highest BCUT2D eigenvalue weighted by atomic mass is 32.2. The molecule has 0 atom stereocenters. The molecule has 0 radical (unpaired) electrons. The molecule has 138 valence electrons. The lowest BCUT2D eigenvalue weighted by molar-refractivity contribution is 0.0693. The van der Waals surface area contributed by atoms with Gasteiger partial charge in [0.15, 0.2) is 0 Å². The van der Waals surface area contributed by atoms with Crippen LogP contribution in [0.25, 0.3) is 0 Å². The van der Waals surface area contributed by atoms with E-state index in [1.807, 2.05) is 18.2 Å². The van der Waals surface area contributed by atoms with Crippen LogP contribution in [-0.2, 0) is 10.2 Å². The maximum Gasteiger partial charge on any atom is 0.282 e. The summed E-state index contributed by atoms with van der Waals surface area (Å²) < 4.78 is 28.8. The van der Waals surface area contributed by atoms with Crippen LogP contribution in [0.2, 0.25) is 0 Å². The van der Waals surface area contributed by atoms with Gasteiger partial charge in [-0.05, 0) is 25.0 Å². The molecule has 0 spiro atoms. The van der Waals surface area contributed by atoms with Crippen molar-refractivity contribution in [2.75, 3.05) is 33.2 Å². The molecule has 1 aliphatic heterocycles. The summed E-state index contributed by atoms with van der Waals surface area (Å²) in [5.74, 6) is -0.0294. The molecule has 1 aromatic rings. The van der Waals surface area contributed by atoms with Gasteiger partial charge in [0.05, 0.1) is 0 Å². The third-order valence-corrected chi connectivity index (χ3v) is 7.37. The molecule has 3 rings (SSSR count). The van der Waals surface area contributed by atoms with Crippen molar-refractivity contribution in [2.45, 2.75) is 38.1 Å². The van der Waals surface area contributed by atoms with E-state index >= 15 is 0 Å². The molecule has 6 nitrogen and oxygen atoms in total. The van der Waals surface area contributed by atoms with E-state index in [4.69, 9.17) is 0 Å². The summed E-state index contributed by atoms with van der Waals surface area (Å²) in [4.78, 5) is 14.2. The van der Waals surface area contributed by atoms with Gasteiger partial charge < -0.3 is 4.90 Å². The number of piperazine rings is 1. The summed E-state index contributed by atoms with van der Waals surface area (Å²) >= 11 is 0. The number of rotatable bonds is 4. The van der Waals surface area contributed by atoms with Crippen molar-refractivity contribution in [3.05, 3.63) is 35.9 Å². The van der Waals surface area contributed by atoms with Crippen molar-refractivity contribution >= 4 is 16.1 Å². The van der Waals surface area contributed by atoms with E-state index in [-0.39, 0.29) is 11.9 Å². The van der Waals surface area contributed by atoms with Gasteiger partial charge in [-0.25, -0.2) is 0 Å². The van der Waals surface area contributed by atoms with Crippen LogP contribution in [0.15, 0.2) is 30.3 Å². The SMILES string of the molecule is CN(C1CCCCC1)S(=O)(=O)N1CCN(C(=O)c2ccccc2)CC1. The summed E-state index contributed by atoms with van der Waals surface area (Å²) in [6.07, 6.45) is 5.29. The highest BCUT2D eigenvalue weighted by Gasteiger charge is 2.35. The predicted molar refractivity (Wildman–Crippen MR) is 97.5 cm³/mol. The topological polar surface area (TPSA) is 60.9 Å². The summed E-state index contributed by atoms with van der Waals surface area (Å²) in [7, 11) is -1.75. The van der Waals surface area contributed by atoms with E-state index in [0.29, 0.717) is 31.7 Å². The standard InChI is InChI=1S/C18H27N3O3S/c1-19(17-10-6-3-7-11-17)25(23,24)21-14-12-20(13-15-21)18(22)16-8-4-2-5-9-16/h2,4-5,8-9,17H,3,6-7,10-15H2,1H3. The Morgan fingerprint density at radius 3 is 2.20 bits per heavy atom. The average molecular weight is 365 g/mol. The van der Waals surface area contributed by atoms with Gasteiger partial charge in [-0.15, -0.1) is 0 Å². The number of carbonyl (C=O) groups is 1. The first-order valence-corrected chi connectivity index (χ1v) is 10.5. The van der Waals surface area contributed by atoms with Gasteiger partial charge in [0, 0.05) is 44.8 Å². The first-order chi connectivity index (χ1) is 12.0. The van der Waals surface area contributed by atoms with Crippen LogP contribution < -0.4 is 0 Å². The number of hydrogen-bond donors (Lipinski definition) is 0. The van der Waals surface area contributed by atoms with Crippen molar-refractivity contribution in [1.82, 2.24) is 13.5 Å². The van der Waals surface area contributed by atoms with Crippen LogP contribution in [0.1, 0.15) is 42.5 Å². The molecule has 1 aliphatic carbocycles. The van der Waals surface area contributed by atoms with Gasteiger partial charge in [-0.2, -0.15) is 17.0 Å². The molecule has 0 bridgehead atoms. The molecule has 2 fully saturated rings. The zero-order chi connectivity index (χ0) is 17.9. The monoisotopic (exact) mass is 365 g/mol. The van der Waals surface area contributed by atoms with Gasteiger partial charge >= 0.3 is 0 Å². The van der Waals surface area contributed by atoms with Crippen molar-refractivity contribution < 1.29 is 13.2 Å². The van der Waals surface area contributed by atoms with E-state index in [1.165, 1.54) is 10.7 Å². The summed E-state index contributed by atoms with van der Waals surface area (Å²) in [6.45, 7) is 1.59. The first kappa shape index (κ1) is 18.4. The van der Waals surface area contributed by atoms with Gasteiger partial charge in [0.2, 0.25) is 0 Å². The number of amides is 1. The third-order valence-electron chi connectivity index (χ3n) is 5.33. The van der Waals surface area contributed by atoms with Crippen LogP contribution in [0.5, 0.6) is 0 Å². The van der Waals surface area contributed by atoms with Crippen LogP contribution in [0, 0.1) is 0 Å². The lowest BCUT2D eigenvalue weighted by atomic mass is 9.96. The van der Waals surface area contributed by atoms with Gasteiger partial charge in [-0.3, -0.25) is 4.79 Å². The molecule has 7 heteroatoms. The highest BCUT2D eigenvalue weighted by Crippen LogP contribution is 2.25. The number of carbonyl (C=O) groups excluding carboxylic acids is 1. The molecular formula is C18H27N3O3S. The van der Waals surface area contributed by atoms with E-state index in [9.17, 15) is 13.2 Å². The second kappa shape index (κ2) is 7.85. The Hall–Kier alpha value is -1.44. The molecule has 0 unspecified atom stereocenters. The number of hydrogen-bond acceptors (Lipinski definition) is 3. The van der Waals surface area contributed by atoms with E-state index in [0.717, 1.165) is 25.7 Å². The fourth-order valence-corrected chi connectivity index (χ4v) is 5.28. The average Bonchev–Trinajstić information content (AvgIpc) is 2.68. The van der Waals surface area contributed by atoms with Gasteiger partial charge in [0.25, 0.3) is 16.1 Å².